The first-order valence-corrected chi connectivity index (χ1v) is 18.6. The van der Waals surface area contributed by atoms with Gasteiger partial charge in [0.2, 0.25) is 5.91 Å². The smallest absolute Gasteiger partial charge is 0.227 e. The van der Waals surface area contributed by atoms with Gasteiger partial charge < -0.3 is 28.4 Å². The van der Waals surface area contributed by atoms with E-state index < -0.39 is 5.54 Å². The van der Waals surface area contributed by atoms with E-state index in [0.717, 1.165) is 89.8 Å². The number of benzene rings is 3. The predicted molar refractivity (Wildman–Crippen MR) is 207 cm³/mol. The first-order valence-electron chi connectivity index (χ1n) is 18.6. The molecule has 8 nitrogen and oxygen atoms in total. The summed E-state index contributed by atoms with van der Waals surface area (Å²) >= 11 is 0. The molecule has 0 N–H and O–H groups in total. The first-order chi connectivity index (χ1) is 25.2. The lowest BCUT2D eigenvalue weighted by Gasteiger charge is -2.55. The van der Waals surface area contributed by atoms with Crippen molar-refractivity contribution in [2.24, 2.45) is 5.92 Å². The molecule has 3 aromatic carbocycles. The largest absolute Gasteiger partial charge is 0.497 e. The Morgan fingerprint density at radius 2 is 1.38 bits per heavy atom. The summed E-state index contributed by atoms with van der Waals surface area (Å²) in [5, 5.41) is 0. The van der Waals surface area contributed by atoms with E-state index in [9.17, 15) is 4.79 Å². The zero-order chi connectivity index (χ0) is 37.0. The molecule has 2 saturated heterocycles. The second-order valence-corrected chi connectivity index (χ2v) is 14.6. The summed E-state index contributed by atoms with van der Waals surface area (Å²) < 4.78 is 24.9. The van der Waals surface area contributed by atoms with Crippen molar-refractivity contribution in [2.75, 3.05) is 41.5 Å². The summed E-state index contributed by atoms with van der Waals surface area (Å²) in [6, 6.07) is 22.8. The Morgan fingerprint density at radius 3 is 2.02 bits per heavy atom. The number of carbonyl (C=O) groups excluding carboxylic acids is 1. The van der Waals surface area contributed by atoms with Crippen LogP contribution < -0.4 is 18.9 Å². The van der Waals surface area contributed by atoms with E-state index >= 15 is 0 Å². The van der Waals surface area contributed by atoms with E-state index in [1.54, 1.807) is 28.4 Å². The lowest BCUT2D eigenvalue weighted by Crippen LogP contribution is -2.62. The number of fused-ring (bicyclic) bond motifs is 4. The van der Waals surface area contributed by atoms with Gasteiger partial charge in [-0.3, -0.25) is 9.69 Å². The van der Waals surface area contributed by atoms with Crippen LogP contribution in [0.15, 0.2) is 90.8 Å². The standard InChI is InChI=1S/C42H49N3O5.C2H6/c1-41(2)26-33-22-32(21-31-23-37(49-5)25-38(50-6)39(31)41)40(46)45(28-29-10-9-11-34(18-29)44-14-7-8-15-44)42(33)12-16-43(17-13-42)27-30-19-35(47-3)24-36(20-30)48-4;1-2/h7-11,14-15,18-20,23-26,32H,12-13,16-17,21-22,27-28H2,1-6H3;1-2H3/b33-26+;. The van der Waals surface area contributed by atoms with Crippen LogP contribution in [0.1, 0.15) is 69.2 Å². The van der Waals surface area contributed by atoms with Crippen LogP contribution in [0.4, 0.5) is 0 Å². The molecule has 0 saturated carbocycles. The molecule has 3 aliphatic rings. The van der Waals surface area contributed by atoms with Gasteiger partial charge in [-0.1, -0.05) is 45.9 Å². The molecule has 1 unspecified atom stereocenters. The molecule has 2 fully saturated rings. The van der Waals surface area contributed by atoms with Crippen molar-refractivity contribution in [3.05, 3.63) is 113 Å². The van der Waals surface area contributed by atoms with Gasteiger partial charge in [0.15, 0.2) is 0 Å². The van der Waals surface area contributed by atoms with E-state index in [4.69, 9.17) is 18.9 Å². The summed E-state index contributed by atoms with van der Waals surface area (Å²) in [5.74, 6) is 3.20. The molecule has 1 atom stereocenters. The Hall–Kier alpha value is -4.69. The quantitative estimate of drug-likeness (QED) is 0.163. The van der Waals surface area contributed by atoms with Gasteiger partial charge in [-0.2, -0.15) is 0 Å². The van der Waals surface area contributed by atoms with Crippen molar-refractivity contribution < 1.29 is 23.7 Å². The fourth-order valence-electron chi connectivity index (χ4n) is 8.71. The topological polar surface area (TPSA) is 65.4 Å². The number of carbonyl (C=O) groups is 1. The van der Waals surface area contributed by atoms with Crippen molar-refractivity contribution in [1.82, 2.24) is 14.4 Å². The van der Waals surface area contributed by atoms with Crippen molar-refractivity contribution in [3.8, 4) is 28.7 Å². The van der Waals surface area contributed by atoms with E-state index in [1.807, 2.05) is 38.1 Å². The third kappa shape index (κ3) is 7.18. The van der Waals surface area contributed by atoms with Crippen LogP contribution in [0.25, 0.3) is 5.69 Å². The average molecular weight is 706 g/mol. The fourth-order valence-corrected chi connectivity index (χ4v) is 8.71. The molecule has 1 spiro atoms. The molecule has 1 aromatic heterocycles. The molecule has 1 aliphatic carbocycles. The SMILES string of the molecule is CC.COc1cc(CN2CCC3(CC2)/C2=C/C(C)(C)c4c(cc(OC)cc4OC)CC(C2)C(=O)N3Cc2cccc(-n3cccc3)c2)cc(OC)c1. The highest BCUT2D eigenvalue weighted by atomic mass is 16.5. The number of allylic oxidation sites excluding steroid dienone is 1. The van der Waals surface area contributed by atoms with E-state index in [0.29, 0.717) is 13.0 Å². The summed E-state index contributed by atoms with van der Waals surface area (Å²) in [7, 11) is 6.79. The Morgan fingerprint density at radius 1 is 0.731 bits per heavy atom. The van der Waals surface area contributed by atoms with Crippen LogP contribution in [-0.2, 0) is 29.7 Å². The third-order valence-electron chi connectivity index (χ3n) is 11.1. The maximum Gasteiger partial charge on any atom is 0.227 e. The molecule has 276 valence electrons. The maximum absolute atomic E-state index is 15.0. The van der Waals surface area contributed by atoms with Gasteiger partial charge in [0, 0.05) is 73.3 Å². The summed E-state index contributed by atoms with van der Waals surface area (Å²) in [5.41, 5.74) is 6.30. The second kappa shape index (κ2) is 15.5. The zero-order valence-corrected chi connectivity index (χ0v) is 32.2. The highest BCUT2D eigenvalue weighted by molar-refractivity contribution is 5.83. The lowest BCUT2D eigenvalue weighted by atomic mass is 9.65. The van der Waals surface area contributed by atoms with Gasteiger partial charge in [-0.15, -0.1) is 0 Å². The minimum atomic E-state index is -0.395. The zero-order valence-electron chi connectivity index (χ0n) is 32.2. The normalized spacial score (nSPS) is 20.0. The number of piperidine rings is 2. The average Bonchev–Trinajstić information content (AvgIpc) is 3.71. The maximum atomic E-state index is 15.0. The van der Waals surface area contributed by atoms with Crippen LogP contribution in [0.5, 0.6) is 23.0 Å². The minimum absolute atomic E-state index is 0.173. The lowest BCUT2D eigenvalue weighted by molar-refractivity contribution is -0.147. The Bertz CT molecular complexity index is 1870. The van der Waals surface area contributed by atoms with Crippen molar-refractivity contribution >= 4 is 5.91 Å². The molecule has 7 rings (SSSR count). The van der Waals surface area contributed by atoms with Gasteiger partial charge >= 0.3 is 0 Å². The van der Waals surface area contributed by atoms with Gasteiger partial charge in [-0.05, 0) is 90.4 Å². The van der Waals surface area contributed by atoms with Crippen LogP contribution >= 0.6 is 0 Å². The highest BCUT2D eigenvalue weighted by Gasteiger charge is 2.52. The van der Waals surface area contributed by atoms with E-state index in [2.05, 4.69) is 89.1 Å². The van der Waals surface area contributed by atoms with Gasteiger partial charge in [0.05, 0.1) is 34.0 Å². The number of hydrogen-bond donors (Lipinski definition) is 0. The Labute approximate surface area is 309 Å². The first kappa shape index (κ1) is 37.1. The molecule has 1 amide bonds. The number of likely N-dealkylation sites (tertiary alicyclic amines) is 2. The Balaban J connectivity index is 0.00000228. The molecule has 4 aromatic rings. The number of hydrogen-bond acceptors (Lipinski definition) is 6. The molecule has 2 aliphatic heterocycles. The monoisotopic (exact) mass is 705 g/mol. The highest BCUT2D eigenvalue weighted by Crippen LogP contribution is 2.51. The summed E-state index contributed by atoms with van der Waals surface area (Å²) in [4.78, 5) is 19.7. The third-order valence-corrected chi connectivity index (χ3v) is 11.1. The molecule has 3 heterocycles. The number of methoxy groups -OCH3 is 4. The molecule has 2 bridgehead atoms. The number of amides is 1. The van der Waals surface area contributed by atoms with Gasteiger partial charge in [-0.25, -0.2) is 0 Å². The number of aromatic nitrogens is 1. The van der Waals surface area contributed by atoms with Crippen LogP contribution in [0.3, 0.4) is 0 Å². The molecule has 52 heavy (non-hydrogen) atoms. The van der Waals surface area contributed by atoms with Crippen molar-refractivity contribution in [2.45, 2.75) is 77.4 Å². The number of rotatable bonds is 9. The van der Waals surface area contributed by atoms with Crippen molar-refractivity contribution in [1.29, 1.82) is 0 Å². The van der Waals surface area contributed by atoms with Crippen LogP contribution in [0, 0.1) is 5.92 Å². The number of nitrogens with zero attached hydrogens (tertiary/aromatic N) is 3. The van der Waals surface area contributed by atoms with Crippen molar-refractivity contribution in [3.63, 3.8) is 0 Å². The second-order valence-electron chi connectivity index (χ2n) is 14.6. The van der Waals surface area contributed by atoms with E-state index in [1.165, 1.54) is 5.57 Å². The molecule has 0 radical (unpaired) electrons. The van der Waals surface area contributed by atoms with Gasteiger partial charge in [0.25, 0.3) is 0 Å². The summed E-state index contributed by atoms with van der Waals surface area (Å²) in [6.07, 6.45) is 9.72. The van der Waals surface area contributed by atoms with Crippen LogP contribution in [-0.4, -0.2) is 67.3 Å². The Kier molecular flexibility index (Phi) is 11.1. The number of ether oxygens (including phenoxy) is 4. The summed E-state index contributed by atoms with van der Waals surface area (Å²) in [6.45, 7) is 11.7. The molecular formula is C44H55N3O5. The predicted octanol–water partition coefficient (Wildman–Crippen LogP) is 8.38. The fraction of sp³-hybridized carbons (Fsp3) is 0.432. The molecule has 8 heteroatoms. The van der Waals surface area contributed by atoms with Crippen LogP contribution in [0.2, 0.25) is 0 Å². The van der Waals surface area contributed by atoms with E-state index in [-0.39, 0.29) is 17.2 Å². The minimum Gasteiger partial charge on any atom is -0.497 e. The molecular weight excluding hydrogens is 651 g/mol. The van der Waals surface area contributed by atoms with Gasteiger partial charge in [0.1, 0.15) is 23.0 Å².